The second-order valence-corrected chi connectivity index (χ2v) is 4.68. The quantitative estimate of drug-likeness (QED) is 0.848. The van der Waals surface area contributed by atoms with E-state index in [1.165, 1.54) is 0 Å². The van der Waals surface area contributed by atoms with Crippen molar-refractivity contribution >= 4 is 23.3 Å². The maximum absolute atomic E-state index is 12.2. The first-order chi connectivity index (χ1) is 10.2. The number of aryl methyl sites for hydroxylation is 1. The monoisotopic (exact) mass is 308 g/mol. The molecule has 0 atom stereocenters. The van der Waals surface area contributed by atoms with E-state index in [1.54, 1.807) is 18.5 Å². The molecule has 7 nitrogen and oxygen atoms in total. The summed E-state index contributed by atoms with van der Waals surface area (Å²) in [5, 5.41) is 13.9. The minimum Gasteiger partial charge on any atom is -0.370 e. The molecule has 2 aromatic rings. The molecule has 0 aliphatic heterocycles. The van der Waals surface area contributed by atoms with Gasteiger partial charge in [-0.05, 0) is 26.0 Å². The van der Waals surface area contributed by atoms with Crippen LogP contribution in [0.15, 0.2) is 18.5 Å². The summed E-state index contributed by atoms with van der Waals surface area (Å²) in [7, 11) is 0. The maximum atomic E-state index is 12.2. The largest absolute Gasteiger partial charge is 0.370 e. The highest BCUT2D eigenvalue weighted by molar-refractivity contribution is 6.33. The van der Waals surface area contributed by atoms with Crippen molar-refractivity contribution in [2.45, 2.75) is 26.9 Å². The third-order valence-corrected chi connectivity index (χ3v) is 3.17. The zero-order valence-corrected chi connectivity index (χ0v) is 12.7. The van der Waals surface area contributed by atoms with Crippen molar-refractivity contribution in [3.05, 3.63) is 35.0 Å². The lowest BCUT2D eigenvalue weighted by Crippen LogP contribution is -2.26. The van der Waals surface area contributed by atoms with Crippen LogP contribution in [-0.4, -0.2) is 32.2 Å². The van der Waals surface area contributed by atoms with Crippen molar-refractivity contribution in [3.8, 4) is 0 Å². The molecule has 2 rings (SSSR count). The van der Waals surface area contributed by atoms with Crippen LogP contribution in [0.2, 0.25) is 5.02 Å². The lowest BCUT2D eigenvalue weighted by Gasteiger charge is -2.09. The van der Waals surface area contributed by atoms with E-state index in [4.69, 9.17) is 11.6 Å². The van der Waals surface area contributed by atoms with Gasteiger partial charge in [-0.3, -0.25) is 4.79 Å². The molecular formula is C13H17ClN6O. The molecule has 0 aliphatic carbocycles. The fraction of sp³-hybridized carbons (Fsp3) is 0.385. The zero-order valence-electron chi connectivity index (χ0n) is 11.9. The molecule has 1 amide bonds. The summed E-state index contributed by atoms with van der Waals surface area (Å²) in [6.45, 7) is 5.67. The topological polar surface area (TPSA) is 84.7 Å². The molecule has 0 unspecified atom stereocenters. The minimum absolute atomic E-state index is 0.192. The summed E-state index contributed by atoms with van der Waals surface area (Å²) in [6, 6.07) is 3.38. The highest BCUT2D eigenvalue weighted by atomic mass is 35.5. The Kier molecular flexibility index (Phi) is 5.10. The lowest BCUT2D eigenvalue weighted by molar-refractivity contribution is 0.0944. The Morgan fingerprint density at radius 3 is 2.90 bits per heavy atom. The van der Waals surface area contributed by atoms with Gasteiger partial charge in [0.05, 0.1) is 11.6 Å². The number of rotatable bonds is 6. The molecule has 0 saturated heterocycles. The van der Waals surface area contributed by atoms with Crippen LogP contribution >= 0.6 is 11.6 Å². The fourth-order valence-electron chi connectivity index (χ4n) is 1.80. The molecule has 0 radical (unpaired) electrons. The van der Waals surface area contributed by atoms with E-state index in [2.05, 4.69) is 25.8 Å². The first-order valence-corrected chi connectivity index (χ1v) is 7.08. The highest BCUT2D eigenvalue weighted by Crippen LogP contribution is 2.16. The highest BCUT2D eigenvalue weighted by Gasteiger charge is 2.14. The molecule has 2 N–H and O–H groups in total. The second-order valence-electron chi connectivity index (χ2n) is 4.27. The summed E-state index contributed by atoms with van der Waals surface area (Å²) in [5.74, 6) is 0.957. The van der Waals surface area contributed by atoms with Gasteiger partial charge in [-0.2, -0.15) is 0 Å². The Labute approximate surface area is 127 Å². The Morgan fingerprint density at radius 2 is 2.19 bits per heavy atom. The van der Waals surface area contributed by atoms with Gasteiger partial charge < -0.3 is 15.2 Å². The van der Waals surface area contributed by atoms with Crippen LogP contribution in [-0.2, 0) is 13.1 Å². The van der Waals surface area contributed by atoms with Crippen molar-refractivity contribution in [1.82, 2.24) is 25.1 Å². The van der Waals surface area contributed by atoms with Crippen LogP contribution < -0.4 is 10.6 Å². The minimum atomic E-state index is -0.342. The standard InChI is InChI=1S/C13H17ClN6O/c1-3-15-10-6-5-9(14)12(18-10)13(21)16-7-11-19-17-8-20(11)4-2/h5-6,8H,3-4,7H2,1-2H3,(H,15,18)(H,16,21). The molecule has 21 heavy (non-hydrogen) atoms. The molecule has 0 saturated carbocycles. The van der Waals surface area contributed by atoms with E-state index in [1.807, 2.05) is 18.4 Å². The van der Waals surface area contributed by atoms with Crippen LogP contribution in [0.3, 0.4) is 0 Å². The first kappa shape index (κ1) is 15.2. The van der Waals surface area contributed by atoms with E-state index >= 15 is 0 Å². The summed E-state index contributed by atoms with van der Waals surface area (Å²) in [5.41, 5.74) is 0.192. The lowest BCUT2D eigenvalue weighted by atomic mass is 10.3. The number of hydrogen-bond donors (Lipinski definition) is 2. The molecule has 2 heterocycles. The predicted octanol–water partition coefficient (Wildman–Crippen LogP) is 1.71. The van der Waals surface area contributed by atoms with Crippen LogP contribution in [0, 0.1) is 0 Å². The molecular weight excluding hydrogens is 292 g/mol. The normalized spacial score (nSPS) is 10.4. The number of pyridine rings is 1. The van der Waals surface area contributed by atoms with E-state index < -0.39 is 0 Å². The molecule has 112 valence electrons. The number of amides is 1. The number of halogens is 1. The SMILES string of the molecule is CCNc1ccc(Cl)c(C(=O)NCc2nncn2CC)n1. The summed E-state index contributed by atoms with van der Waals surface area (Å²) in [6.07, 6.45) is 1.62. The summed E-state index contributed by atoms with van der Waals surface area (Å²) >= 11 is 6.03. The molecule has 0 spiro atoms. The van der Waals surface area contributed by atoms with Gasteiger partial charge in [0.2, 0.25) is 0 Å². The Morgan fingerprint density at radius 1 is 1.38 bits per heavy atom. The van der Waals surface area contributed by atoms with Crippen LogP contribution in [0.25, 0.3) is 0 Å². The van der Waals surface area contributed by atoms with E-state index in [9.17, 15) is 4.79 Å². The van der Waals surface area contributed by atoms with Crippen LogP contribution in [0.1, 0.15) is 30.2 Å². The predicted molar refractivity (Wildman–Crippen MR) is 80.3 cm³/mol. The van der Waals surface area contributed by atoms with Gasteiger partial charge in [-0.15, -0.1) is 10.2 Å². The third kappa shape index (κ3) is 3.69. The molecule has 0 aromatic carbocycles. The van der Waals surface area contributed by atoms with Gasteiger partial charge in [0.15, 0.2) is 5.82 Å². The summed E-state index contributed by atoms with van der Waals surface area (Å²) < 4.78 is 1.85. The average Bonchev–Trinajstić information content (AvgIpc) is 2.94. The number of aromatic nitrogens is 4. The molecule has 0 aliphatic rings. The maximum Gasteiger partial charge on any atom is 0.271 e. The van der Waals surface area contributed by atoms with E-state index in [0.29, 0.717) is 16.7 Å². The fourth-order valence-corrected chi connectivity index (χ4v) is 2.00. The summed E-state index contributed by atoms with van der Waals surface area (Å²) in [4.78, 5) is 16.4. The third-order valence-electron chi connectivity index (χ3n) is 2.86. The molecule has 8 heteroatoms. The van der Waals surface area contributed by atoms with Crippen LogP contribution in [0.5, 0.6) is 0 Å². The number of hydrogen-bond acceptors (Lipinski definition) is 5. The van der Waals surface area contributed by atoms with Gasteiger partial charge in [0.25, 0.3) is 5.91 Å². The van der Waals surface area contributed by atoms with Gasteiger partial charge in [-0.25, -0.2) is 4.98 Å². The second kappa shape index (κ2) is 7.03. The van der Waals surface area contributed by atoms with Gasteiger partial charge >= 0.3 is 0 Å². The Bertz CT molecular complexity index is 627. The van der Waals surface area contributed by atoms with Crippen molar-refractivity contribution in [2.24, 2.45) is 0 Å². The smallest absolute Gasteiger partial charge is 0.271 e. The van der Waals surface area contributed by atoms with E-state index in [-0.39, 0.29) is 18.1 Å². The van der Waals surface area contributed by atoms with Crippen molar-refractivity contribution in [2.75, 3.05) is 11.9 Å². The molecule has 2 aromatic heterocycles. The number of carbonyl (C=O) groups excluding carboxylic acids is 1. The van der Waals surface area contributed by atoms with Gasteiger partial charge in [0.1, 0.15) is 17.8 Å². The molecule has 0 fully saturated rings. The number of anilines is 1. The first-order valence-electron chi connectivity index (χ1n) is 6.71. The van der Waals surface area contributed by atoms with Crippen molar-refractivity contribution < 1.29 is 4.79 Å². The average molecular weight is 309 g/mol. The zero-order chi connectivity index (χ0) is 15.2. The van der Waals surface area contributed by atoms with Gasteiger partial charge in [0, 0.05) is 13.1 Å². The Balaban J connectivity index is 2.08. The van der Waals surface area contributed by atoms with Crippen molar-refractivity contribution in [1.29, 1.82) is 0 Å². The Hall–Kier alpha value is -2.15. The van der Waals surface area contributed by atoms with Gasteiger partial charge in [-0.1, -0.05) is 11.6 Å². The number of nitrogens with zero attached hydrogens (tertiary/aromatic N) is 4. The number of carbonyl (C=O) groups is 1. The number of nitrogens with one attached hydrogen (secondary N) is 2. The molecule has 0 bridgehead atoms. The van der Waals surface area contributed by atoms with Crippen molar-refractivity contribution in [3.63, 3.8) is 0 Å². The van der Waals surface area contributed by atoms with Crippen LogP contribution in [0.4, 0.5) is 5.82 Å². The van der Waals surface area contributed by atoms with E-state index in [0.717, 1.165) is 13.1 Å².